The standard InChI is InChI=1S/C12H13ClFN3O/c1-7-2-9(13)16-11-10(7)15-6-17(11)12(5-18)3-8(14)4-12/h2,6,8,18H,3-5H2,1H3. The quantitative estimate of drug-likeness (QED) is 0.851. The van der Waals surface area contributed by atoms with Crippen LogP contribution < -0.4 is 0 Å². The Bertz CT molecular complexity index is 607. The highest BCUT2D eigenvalue weighted by molar-refractivity contribution is 6.29. The van der Waals surface area contributed by atoms with Gasteiger partial charge < -0.3 is 9.67 Å². The number of alkyl halides is 1. The van der Waals surface area contributed by atoms with Crippen LogP contribution in [0.15, 0.2) is 12.4 Å². The molecule has 0 atom stereocenters. The van der Waals surface area contributed by atoms with Crippen LogP contribution in [0.3, 0.4) is 0 Å². The predicted octanol–water partition coefficient (Wildman–Crippen LogP) is 2.21. The van der Waals surface area contributed by atoms with Crippen molar-refractivity contribution in [1.29, 1.82) is 0 Å². The highest BCUT2D eigenvalue weighted by Gasteiger charge is 2.46. The number of aliphatic hydroxyl groups excluding tert-OH is 1. The van der Waals surface area contributed by atoms with E-state index < -0.39 is 11.7 Å². The van der Waals surface area contributed by atoms with Crippen molar-refractivity contribution in [2.24, 2.45) is 0 Å². The van der Waals surface area contributed by atoms with Crippen molar-refractivity contribution >= 4 is 22.8 Å². The van der Waals surface area contributed by atoms with E-state index in [1.54, 1.807) is 17.0 Å². The molecule has 0 amide bonds. The third-order valence-electron chi connectivity index (χ3n) is 3.67. The zero-order chi connectivity index (χ0) is 12.9. The first-order valence-electron chi connectivity index (χ1n) is 5.81. The molecule has 18 heavy (non-hydrogen) atoms. The van der Waals surface area contributed by atoms with Gasteiger partial charge in [-0.2, -0.15) is 0 Å². The summed E-state index contributed by atoms with van der Waals surface area (Å²) in [5, 5.41) is 9.93. The van der Waals surface area contributed by atoms with Gasteiger partial charge in [0, 0.05) is 12.8 Å². The molecule has 0 radical (unpaired) electrons. The van der Waals surface area contributed by atoms with Crippen LogP contribution in [0.2, 0.25) is 5.15 Å². The van der Waals surface area contributed by atoms with Crippen LogP contribution in [0.4, 0.5) is 4.39 Å². The Balaban J connectivity index is 2.18. The van der Waals surface area contributed by atoms with Crippen LogP contribution in [0.25, 0.3) is 11.2 Å². The second-order valence-corrected chi connectivity index (χ2v) is 5.32. The molecule has 6 heteroatoms. The number of aliphatic hydroxyl groups is 1. The number of pyridine rings is 1. The van der Waals surface area contributed by atoms with E-state index in [1.807, 2.05) is 6.92 Å². The number of halogens is 2. The molecule has 0 saturated heterocycles. The lowest BCUT2D eigenvalue weighted by atomic mass is 9.75. The lowest BCUT2D eigenvalue weighted by Gasteiger charge is -2.43. The van der Waals surface area contributed by atoms with Crippen molar-refractivity contribution in [3.8, 4) is 0 Å². The Hall–Kier alpha value is -1.20. The largest absolute Gasteiger partial charge is 0.394 e. The summed E-state index contributed by atoms with van der Waals surface area (Å²) in [5.74, 6) is 0. The molecule has 0 spiro atoms. The van der Waals surface area contributed by atoms with E-state index >= 15 is 0 Å². The van der Waals surface area contributed by atoms with Crippen molar-refractivity contribution in [3.63, 3.8) is 0 Å². The van der Waals surface area contributed by atoms with Crippen LogP contribution in [-0.4, -0.2) is 32.4 Å². The number of hydrogen-bond donors (Lipinski definition) is 1. The Morgan fingerprint density at radius 1 is 1.61 bits per heavy atom. The van der Waals surface area contributed by atoms with Gasteiger partial charge in [-0.3, -0.25) is 0 Å². The fourth-order valence-corrected chi connectivity index (χ4v) is 2.87. The average molecular weight is 270 g/mol. The molecule has 0 unspecified atom stereocenters. The number of nitrogens with zero attached hydrogens (tertiary/aromatic N) is 3. The van der Waals surface area contributed by atoms with Crippen LogP contribution in [-0.2, 0) is 5.54 Å². The van der Waals surface area contributed by atoms with Gasteiger partial charge in [-0.05, 0) is 18.6 Å². The van der Waals surface area contributed by atoms with E-state index in [9.17, 15) is 9.50 Å². The van der Waals surface area contributed by atoms with E-state index in [-0.39, 0.29) is 6.61 Å². The van der Waals surface area contributed by atoms with Crippen LogP contribution >= 0.6 is 11.6 Å². The number of aromatic nitrogens is 3. The maximum absolute atomic E-state index is 13.2. The molecule has 96 valence electrons. The number of rotatable bonds is 2. The molecule has 0 aliphatic heterocycles. The highest BCUT2D eigenvalue weighted by atomic mass is 35.5. The number of fused-ring (bicyclic) bond motifs is 1. The van der Waals surface area contributed by atoms with Gasteiger partial charge in [0.05, 0.1) is 18.5 Å². The van der Waals surface area contributed by atoms with Gasteiger partial charge >= 0.3 is 0 Å². The zero-order valence-corrected chi connectivity index (χ0v) is 10.7. The summed E-state index contributed by atoms with van der Waals surface area (Å²) in [5.41, 5.74) is 1.67. The molecule has 1 aliphatic carbocycles. The first-order chi connectivity index (χ1) is 8.55. The lowest BCUT2D eigenvalue weighted by molar-refractivity contribution is -0.00866. The summed E-state index contributed by atoms with van der Waals surface area (Å²) in [4.78, 5) is 8.54. The van der Waals surface area contributed by atoms with E-state index in [1.165, 1.54) is 0 Å². The molecule has 1 fully saturated rings. The lowest BCUT2D eigenvalue weighted by Crippen LogP contribution is -2.50. The normalized spacial score (nSPS) is 27.4. The SMILES string of the molecule is Cc1cc(Cl)nc2c1ncn2C1(CO)CC(F)C1. The molecule has 3 rings (SSSR count). The Morgan fingerprint density at radius 2 is 2.33 bits per heavy atom. The van der Waals surface area contributed by atoms with Gasteiger partial charge in [0.15, 0.2) is 5.65 Å². The van der Waals surface area contributed by atoms with Gasteiger partial charge in [0.25, 0.3) is 0 Å². The van der Waals surface area contributed by atoms with Crippen LogP contribution in [0, 0.1) is 6.92 Å². The summed E-state index contributed by atoms with van der Waals surface area (Å²) in [7, 11) is 0. The van der Waals surface area contributed by atoms with Gasteiger partial charge in [0.2, 0.25) is 0 Å². The monoisotopic (exact) mass is 269 g/mol. The maximum atomic E-state index is 13.2. The van der Waals surface area contributed by atoms with Gasteiger partial charge in [-0.25, -0.2) is 14.4 Å². The highest BCUT2D eigenvalue weighted by Crippen LogP contribution is 2.42. The summed E-state index contributed by atoms with van der Waals surface area (Å²) in [6.07, 6.45) is 1.34. The molecule has 2 heterocycles. The third-order valence-corrected chi connectivity index (χ3v) is 3.87. The number of hydrogen-bond acceptors (Lipinski definition) is 3. The predicted molar refractivity (Wildman–Crippen MR) is 66.5 cm³/mol. The minimum Gasteiger partial charge on any atom is -0.394 e. The minimum atomic E-state index is -0.866. The molecular weight excluding hydrogens is 257 g/mol. The average Bonchev–Trinajstić information content (AvgIpc) is 2.68. The molecular formula is C12H13ClFN3O. The van der Waals surface area contributed by atoms with Crippen molar-refractivity contribution in [2.75, 3.05) is 6.61 Å². The van der Waals surface area contributed by atoms with Crippen LogP contribution in [0.1, 0.15) is 18.4 Å². The molecule has 4 nitrogen and oxygen atoms in total. The smallest absolute Gasteiger partial charge is 0.162 e. The number of imidazole rings is 1. The fraction of sp³-hybridized carbons (Fsp3) is 0.500. The molecule has 2 aromatic rings. The zero-order valence-electron chi connectivity index (χ0n) is 9.90. The molecule has 2 aromatic heterocycles. The van der Waals surface area contributed by atoms with E-state index in [0.29, 0.717) is 23.6 Å². The van der Waals surface area contributed by atoms with E-state index in [2.05, 4.69) is 9.97 Å². The molecule has 0 aromatic carbocycles. The van der Waals surface area contributed by atoms with Crippen molar-refractivity contribution in [3.05, 3.63) is 23.1 Å². The first kappa shape index (κ1) is 11.9. The third kappa shape index (κ3) is 1.54. The maximum Gasteiger partial charge on any atom is 0.162 e. The van der Waals surface area contributed by atoms with Gasteiger partial charge in [-0.15, -0.1) is 0 Å². The van der Waals surface area contributed by atoms with Crippen molar-refractivity contribution in [2.45, 2.75) is 31.5 Å². The number of aryl methyl sites for hydroxylation is 1. The minimum absolute atomic E-state index is 0.119. The van der Waals surface area contributed by atoms with E-state index in [0.717, 1.165) is 11.1 Å². The first-order valence-corrected chi connectivity index (χ1v) is 6.19. The Labute approximate surface area is 108 Å². The Kier molecular flexibility index (Phi) is 2.57. The molecule has 0 bridgehead atoms. The second kappa shape index (κ2) is 3.90. The summed E-state index contributed by atoms with van der Waals surface area (Å²) >= 11 is 5.95. The fourth-order valence-electron chi connectivity index (χ4n) is 2.62. The van der Waals surface area contributed by atoms with Crippen molar-refractivity contribution < 1.29 is 9.50 Å². The summed E-state index contributed by atoms with van der Waals surface area (Å²) in [6.45, 7) is 1.78. The van der Waals surface area contributed by atoms with Crippen LogP contribution in [0.5, 0.6) is 0 Å². The van der Waals surface area contributed by atoms with Gasteiger partial charge in [-0.1, -0.05) is 11.6 Å². The molecule has 1 saturated carbocycles. The van der Waals surface area contributed by atoms with Crippen molar-refractivity contribution in [1.82, 2.24) is 14.5 Å². The van der Waals surface area contributed by atoms with Gasteiger partial charge in [0.1, 0.15) is 16.8 Å². The molecule has 1 N–H and O–H groups in total. The summed E-state index contributed by atoms with van der Waals surface area (Å²) in [6, 6.07) is 1.74. The topological polar surface area (TPSA) is 50.9 Å². The summed E-state index contributed by atoms with van der Waals surface area (Å²) < 4.78 is 14.9. The Morgan fingerprint density at radius 3 is 2.94 bits per heavy atom. The second-order valence-electron chi connectivity index (χ2n) is 4.94. The molecule has 1 aliphatic rings. The van der Waals surface area contributed by atoms with E-state index in [4.69, 9.17) is 11.6 Å².